The maximum Gasteiger partial charge on any atom is 0.245 e. The summed E-state index contributed by atoms with van der Waals surface area (Å²) in [5.74, 6) is 1.87. The van der Waals surface area contributed by atoms with Crippen molar-refractivity contribution in [1.82, 2.24) is 25.2 Å². The molecule has 2 saturated heterocycles. The fraction of sp³-hybridized carbons (Fsp3) is 0.714. The molecule has 2 aromatic rings. The minimum atomic E-state index is 0.496. The largest absolute Gasteiger partial charge is 0.353 e. The third-order valence-corrected chi connectivity index (χ3v) is 4.60. The summed E-state index contributed by atoms with van der Waals surface area (Å²) in [5, 5.41) is 7.71. The lowest BCUT2D eigenvalue weighted by molar-refractivity contribution is 0.270. The Hall–Kier alpha value is -1.96. The lowest BCUT2D eigenvalue weighted by Gasteiger charge is -2.36. The van der Waals surface area contributed by atoms with Gasteiger partial charge in [0.05, 0.1) is 0 Å². The van der Waals surface area contributed by atoms with E-state index in [0.29, 0.717) is 11.3 Å². The van der Waals surface area contributed by atoms with Crippen molar-refractivity contribution in [1.29, 1.82) is 0 Å². The molecule has 2 aliphatic rings. The Morgan fingerprint density at radius 2 is 1.36 bits per heavy atom. The molecule has 118 valence electrons. The predicted octanol–water partition coefficient (Wildman–Crippen LogP) is 0.755. The summed E-state index contributed by atoms with van der Waals surface area (Å²) >= 11 is 0. The van der Waals surface area contributed by atoms with Crippen molar-refractivity contribution in [3.05, 3.63) is 0 Å². The maximum atomic E-state index is 4.79. The van der Waals surface area contributed by atoms with E-state index in [4.69, 9.17) is 9.61 Å². The van der Waals surface area contributed by atoms with E-state index < -0.39 is 0 Å². The van der Waals surface area contributed by atoms with Crippen LogP contribution < -0.4 is 9.80 Å². The molecule has 22 heavy (non-hydrogen) atoms. The van der Waals surface area contributed by atoms with E-state index >= 15 is 0 Å². The van der Waals surface area contributed by atoms with Gasteiger partial charge >= 0.3 is 0 Å². The third-order valence-electron chi connectivity index (χ3n) is 4.60. The van der Waals surface area contributed by atoms with Crippen molar-refractivity contribution in [3.63, 3.8) is 0 Å². The van der Waals surface area contributed by atoms with Crippen LogP contribution in [0.3, 0.4) is 0 Å². The zero-order valence-corrected chi connectivity index (χ0v) is 12.9. The molecule has 4 rings (SSSR count). The van der Waals surface area contributed by atoms with Crippen LogP contribution in [-0.2, 0) is 0 Å². The summed E-state index contributed by atoms with van der Waals surface area (Å²) in [6.45, 7) is 9.45. The summed E-state index contributed by atoms with van der Waals surface area (Å²) < 4.78 is 4.79. The molecule has 0 aliphatic carbocycles. The Kier molecular flexibility index (Phi) is 3.53. The molecule has 0 saturated carbocycles. The number of hydrogen-bond acceptors (Lipinski definition) is 8. The van der Waals surface area contributed by atoms with Gasteiger partial charge in [-0.25, -0.2) is 14.6 Å². The van der Waals surface area contributed by atoms with Crippen LogP contribution >= 0.6 is 0 Å². The van der Waals surface area contributed by atoms with Crippen LogP contribution in [0, 0.1) is 0 Å². The van der Waals surface area contributed by atoms with E-state index in [1.165, 1.54) is 12.8 Å². The van der Waals surface area contributed by atoms with Gasteiger partial charge in [-0.1, -0.05) is 6.92 Å². The molecule has 8 heteroatoms. The van der Waals surface area contributed by atoms with Crippen LogP contribution in [0.25, 0.3) is 11.3 Å². The number of hydrogen-bond donors (Lipinski definition) is 0. The van der Waals surface area contributed by atoms with Crippen LogP contribution in [-0.4, -0.2) is 71.0 Å². The average molecular weight is 303 g/mol. The second-order valence-corrected chi connectivity index (χ2v) is 5.90. The van der Waals surface area contributed by atoms with Crippen LogP contribution in [0.15, 0.2) is 4.63 Å². The van der Waals surface area contributed by atoms with E-state index in [1.54, 1.807) is 0 Å². The molecule has 0 radical (unpaired) electrons. The maximum absolute atomic E-state index is 4.79. The van der Waals surface area contributed by atoms with Gasteiger partial charge in [0.2, 0.25) is 11.3 Å². The molecule has 0 aromatic carbocycles. The number of fused-ring (bicyclic) bond motifs is 1. The average Bonchev–Trinajstić information content (AvgIpc) is 3.24. The second-order valence-electron chi connectivity index (χ2n) is 5.90. The number of likely N-dealkylation sites (N-methyl/N-ethyl adjacent to an activating group) is 1. The van der Waals surface area contributed by atoms with Crippen LogP contribution in [0.2, 0.25) is 0 Å². The summed E-state index contributed by atoms with van der Waals surface area (Å²) in [6, 6.07) is 0. The molecule has 8 nitrogen and oxygen atoms in total. The second kappa shape index (κ2) is 5.68. The monoisotopic (exact) mass is 303 g/mol. The van der Waals surface area contributed by atoms with Gasteiger partial charge in [0.1, 0.15) is 0 Å². The fourth-order valence-corrected chi connectivity index (χ4v) is 3.25. The first-order valence-electron chi connectivity index (χ1n) is 8.07. The Labute approximate surface area is 129 Å². The lowest BCUT2D eigenvalue weighted by atomic mass is 10.3. The van der Waals surface area contributed by atoms with Crippen LogP contribution in [0.5, 0.6) is 0 Å². The topological polar surface area (TPSA) is 74.4 Å². The number of nitrogens with zero attached hydrogens (tertiary/aromatic N) is 7. The molecule has 2 fully saturated rings. The van der Waals surface area contributed by atoms with Crippen LogP contribution in [0.4, 0.5) is 11.6 Å². The highest BCUT2D eigenvalue weighted by atomic mass is 16.6. The number of rotatable bonds is 3. The third kappa shape index (κ3) is 2.37. The first kappa shape index (κ1) is 13.7. The first-order valence-corrected chi connectivity index (χ1v) is 8.07. The quantitative estimate of drug-likeness (QED) is 0.822. The smallest absolute Gasteiger partial charge is 0.245 e. The molecule has 2 aromatic heterocycles. The molecule has 0 bridgehead atoms. The molecule has 0 amide bonds. The van der Waals surface area contributed by atoms with E-state index in [1.807, 2.05) is 0 Å². The Bertz CT molecular complexity index is 644. The highest BCUT2D eigenvalue weighted by molar-refractivity contribution is 5.75. The molecule has 2 aliphatic heterocycles. The Balaban J connectivity index is 1.69. The number of piperazine rings is 1. The molecular weight excluding hydrogens is 282 g/mol. The molecule has 0 atom stereocenters. The SMILES string of the molecule is CCN1CCN(c2nc3nonc3nc2N2CCCC2)CC1. The van der Waals surface area contributed by atoms with E-state index in [-0.39, 0.29) is 0 Å². The molecule has 4 heterocycles. The van der Waals surface area contributed by atoms with Gasteiger partial charge in [0, 0.05) is 39.3 Å². The zero-order chi connectivity index (χ0) is 14.9. The fourth-order valence-electron chi connectivity index (χ4n) is 3.25. The minimum absolute atomic E-state index is 0.496. The minimum Gasteiger partial charge on any atom is -0.353 e. The van der Waals surface area contributed by atoms with Gasteiger partial charge in [-0.2, -0.15) is 0 Å². The number of aromatic nitrogens is 4. The zero-order valence-electron chi connectivity index (χ0n) is 12.9. The highest BCUT2D eigenvalue weighted by Gasteiger charge is 2.26. The van der Waals surface area contributed by atoms with Gasteiger partial charge in [0.15, 0.2) is 11.6 Å². The van der Waals surface area contributed by atoms with Crippen molar-refractivity contribution in [2.24, 2.45) is 0 Å². The highest BCUT2D eigenvalue weighted by Crippen LogP contribution is 2.30. The van der Waals surface area contributed by atoms with Gasteiger partial charge in [-0.3, -0.25) is 0 Å². The molecule has 0 spiro atoms. The van der Waals surface area contributed by atoms with Gasteiger partial charge in [-0.05, 0) is 29.7 Å². The molecular formula is C14H21N7O. The number of anilines is 2. The van der Waals surface area contributed by atoms with Crippen molar-refractivity contribution in [3.8, 4) is 0 Å². The van der Waals surface area contributed by atoms with E-state index in [0.717, 1.165) is 57.4 Å². The van der Waals surface area contributed by atoms with Crippen molar-refractivity contribution < 1.29 is 4.63 Å². The molecule has 0 N–H and O–H groups in total. The standard InChI is InChI=1S/C14H21N7O/c1-2-19-7-9-21(10-8-19)14-13(20-5-3-4-6-20)15-11-12(16-14)18-22-17-11/h2-10H2,1H3. The summed E-state index contributed by atoms with van der Waals surface area (Å²) in [5.41, 5.74) is 0.994. The van der Waals surface area contributed by atoms with Gasteiger partial charge < -0.3 is 14.7 Å². The van der Waals surface area contributed by atoms with Gasteiger partial charge in [-0.15, -0.1) is 0 Å². The van der Waals surface area contributed by atoms with Crippen molar-refractivity contribution >= 4 is 22.9 Å². The Morgan fingerprint density at radius 3 is 1.91 bits per heavy atom. The van der Waals surface area contributed by atoms with E-state index in [9.17, 15) is 0 Å². The first-order chi connectivity index (χ1) is 10.8. The van der Waals surface area contributed by atoms with E-state index in [2.05, 4.69) is 36.9 Å². The van der Waals surface area contributed by atoms with Crippen molar-refractivity contribution in [2.45, 2.75) is 19.8 Å². The van der Waals surface area contributed by atoms with Crippen molar-refractivity contribution in [2.75, 3.05) is 55.6 Å². The Morgan fingerprint density at radius 1 is 0.818 bits per heavy atom. The summed E-state index contributed by atoms with van der Waals surface area (Å²) in [4.78, 5) is 16.4. The lowest BCUT2D eigenvalue weighted by Crippen LogP contribution is -2.47. The predicted molar refractivity (Wildman–Crippen MR) is 83.2 cm³/mol. The normalized spacial score (nSPS) is 20.2. The summed E-state index contributed by atoms with van der Waals surface area (Å²) in [7, 11) is 0. The van der Waals surface area contributed by atoms with Gasteiger partial charge in [0.25, 0.3) is 0 Å². The molecule has 0 unspecified atom stereocenters. The van der Waals surface area contributed by atoms with Crippen LogP contribution in [0.1, 0.15) is 19.8 Å². The summed E-state index contributed by atoms with van der Waals surface area (Å²) in [6.07, 6.45) is 2.42.